The summed E-state index contributed by atoms with van der Waals surface area (Å²) in [6.45, 7) is 3.10. The van der Waals surface area contributed by atoms with Crippen molar-refractivity contribution in [3.8, 4) is 0 Å². The van der Waals surface area contributed by atoms with Crippen molar-refractivity contribution in [3.63, 3.8) is 0 Å². The fourth-order valence-corrected chi connectivity index (χ4v) is 2.05. The van der Waals surface area contributed by atoms with Gasteiger partial charge in [-0.3, -0.25) is 10.1 Å². The zero-order valence-corrected chi connectivity index (χ0v) is 10.9. The van der Waals surface area contributed by atoms with Crippen LogP contribution in [0.3, 0.4) is 0 Å². The van der Waals surface area contributed by atoms with Crippen LogP contribution in [0.25, 0.3) is 0 Å². The minimum atomic E-state index is -0.0857. The second kappa shape index (κ2) is 6.11. The molecule has 1 aromatic heterocycles. The zero-order valence-electron chi connectivity index (χ0n) is 10.0. The van der Waals surface area contributed by atoms with Crippen molar-refractivity contribution in [2.75, 3.05) is 23.3 Å². The van der Waals surface area contributed by atoms with Crippen LogP contribution in [0.15, 0.2) is 35.8 Å². The molecule has 5 nitrogen and oxygen atoms in total. The minimum absolute atomic E-state index is 0.0857. The normalized spacial score (nSPS) is 10.1. The molecule has 2 rings (SSSR count). The SMILES string of the molecule is CCN(CC(=O)Nc1nncs1)c1ccccc1. The van der Waals surface area contributed by atoms with Crippen molar-refractivity contribution in [1.82, 2.24) is 10.2 Å². The third-order valence-corrected chi connectivity index (χ3v) is 3.05. The number of carbonyl (C=O) groups is 1. The first kappa shape index (κ1) is 12.5. The van der Waals surface area contributed by atoms with Gasteiger partial charge in [-0.2, -0.15) is 0 Å². The molecule has 1 N–H and O–H groups in total. The Kier molecular flexibility index (Phi) is 4.25. The summed E-state index contributed by atoms with van der Waals surface area (Å²) in [6, 6.07) is 9.85. The predicted octanol–water partition coefficient (Wildman–Crippen LogP) is 2.00. The summed E-state index contributed by atoms with van der Waals surface area (Å²) in [5.74, 6) is -0.0857. The molecule has 0 spiro atoms. The van der Waals surface area contributed by atoms with Gasteiger partial charge >= 0.3 is 0 Å². The molecule has 2 aromatic rings. The lowest BCUT2D eigenvalue weighted by Crippen LogP contribution is -2.33. The number of likely N-dealkylation sites (N-methyl/N-ethyl adjacent to an activating group) is 1. The van der Waals surface area contributed by atoms with Crippen LogP contribution in [0.5, 0.6) is 0 Å². The Labute approximate surface area is 109 Å². The van der Waals surface area contributed by atoms with Gasteiger partial charge in [0.1, 0.15) is 5.51 Å². The van der Waals surface area contributed by atoms with Crippen LogP contribution in [0, 0.1) is 0 Å². The minimum Gasteiger partial charge on any atom is -0.362 e. The van der Waals surface area contributed by atoms with Gasteiger partial charge in [-0.1, -0.05) is 29.5 Å². The molecular formula is C12H14N4OS. The number of nitrogens with zero attached hydrogens (tertiary/aromatic N) is 3. The van der Waals surface area contributed by atoms with Crippen LogP contribution in [0.4, 0.5) is 10.8 Å². The summed E-state index contributed by atoms with van der Waals surface area (Å²) < 4.78 is 0. The molecule has 0 aliphatic heterocycles. The first-order valence-corrected chi connectivity index (χ1v) is 6.53. The Morgan fingerprint density at radius 2 is 2.17 bits per heavy atom. The Bertz CT molecular complexity index is 486. The van der Waals surface area contributed by atoms with Crippen molar-refractivity contribution < 1.29 is 4.79 Å². The molecule has 6 heteroatoms. The highest BCUT2D eigenvalue weighted by Crippen LogP contribution is 2.13. The molecule has 1 heterocycles. The second-order valence-electron chi connectivity index (χ2n) is 3.64. The molecule has 0 aliphatic carbocycles. The highest BCUT2D eigenvalue weighted by Gasteiger charge is 2.10. The van der Waals surface area contributed by atoms with Crippen LogP contribution >= 0.6 is 11.3 Å². The lowest BCUT2D eigenvalue weighted by molar-refractivity contribution is -0.115. The van der Waals surface area contributed by atoms with Crippen LogP contribution in [-0.4, -0.2) is 29.2 Å². The summed E-state index contributed by atoms with van der Waals surface area (Å²) in [4.78, 5) is 13.8. The van der Waals surface area contributed by atoms with Gasteiger partial charge in [0.25, 0.3) is 0 Å². The molecule has 0 fully saturated rings. The summed E-state index contributed by atoms with van der Waals surface area (Å²) >= 11 is 1.31. The van der Waals surface area contributed by atoms with E-state index in [-0.39, 0.29) is 5.91 Å². The lowest BCUT2D eigenvalue weighted by Gasteiger charge is -2.21. The van der Waals surface area contributed by atoms with Gasteiger partial charge in [0.15, 0.2) is 0 Å². The highest BCUT2D eigenvalue weighted by atomic mass is 32.1. The van der Waals surface area contributed by atoms with E-state index in [0.717, 1.165) is 12.2 Å². The smallest absolute Gasteiger partial charge is 0.245 e. The number of para-hydroxylation sites is 1. The Morgan fingerprint density at radius 1 is 1.39 bits per heavy atom. The first-order chi connectivity index (χ1) is 8.79. The maximum Gasteiger partial charge on any atom is 0.245 e. The fourth-order valence-electron chi connectivity index (χ4n) is 1.58. The largest absolute Gasteiger partial charge is 0.362 e. The van der Waals surface area contributed by atoms with Crippen LogP contribution < -0.4 is 10.2 Å². The van der Waals surface area contributed by atoms with E-state index in [1.807, 2.05) is 42.2 Å². The van der Waals surface area contributed by atoms with Gasteiger partial charge in [-0.15, -0.1) is 10.2 Å². The van der Waals surface area contributed by atoms with Gasteiger partial charge in [-0.05, 0) is 19.1 Å². The van der Waals surface area contributed by atoms with E-state index >= 15 is 0 Å². The lowest BCUT2D eigenvalue weighted by atomic mass is 10.3. The fraction of sp³-hybridized carbons (Fsp3) is 0.250. The van der Waals surface area contributed by atoms with Crippen LogP contribution in [-0.2, 0) is 4.79 Å². The molecule has 0 aliphatic rings. The molecule has 1 aromatic carbocycles. The number of benzene rings is 1. The molecule has 0 bridgehead atoms. The average Bonchev–Trinajstić information content (AvgIpc) is 2.90. The summed E-state index contributed by atoms with van der Waals surface area (Å²) in [5.41, 5.74) is 2.62. The van der Waals surface area contributed by atoms with Gasteiger partial charge in [-0.25, -0.2) is 0 Å². The molecule has 18 heavy (non-hydrogen) atoms. The number of carbonyl (C=O) groups excluding carboxylic acids is 1. The third-order valence-electron chi connectivity index (χ3n) is 2.44. The zero-order chi connectivity index (χ0) is 12.8. The summed E-state index contributed by atoms with van der Waals surface area (Å²) in [5, 5.41) is 10.7. The van der Waals surface area contributed by atoms with E-state index in [4.69, 9.17) is 0 Å². The van der Waals surface area contributed by atoms with E-state index in [1.54, 1.807) is 5.51 Å². The molecule has 94 valence electrons. The van der Waals surface area contributed by atoms with Gasteiger partial charge in [0.05, 0.1) is 6.54 Å². The van der Waals surface area contributed by atoms with Gasteiger partial charge in [0.2, 0.25) is 11.0 Å². The standard InChI is InChI=1S/C12H14N4OS/c1-2-16(10-6-4-3-5-7-10)8-11(17)14-12-15-13-9-18-12/h3-7,9H,2,8H2,1H3,(H,14,15,17). The van der Waals surface area contributed by atoms with Crippen molar-refractivity contribution in [1.29, 1.82) is 0 Å². The third kappa shape index (κ3) is 3.27. The topological polar surface area (TPSA) is 58.1 Å². The number of hydrogen-bond donors (Lipinski definition) is 1. The Hall–Kier alpha value is -1.95. The average molecular weight is 262 g/mol. The van der Waals surface area contributed by atoms with E-state index in [9.17, 15) is 4.79 Å². The number of aromatic nitrogens is 2. The van der Waals surface area contributed by atoms with E-state index < -0.39 is 0 Å². The van der Waals surface area contributed by atoms with Gasteiger partial charge < -0.3 is 4.90 Å². The van der Waals surface area contributed by atoms with Crippen molar-refractivity contribution in [3.05, 3.63) is 35.8 Å². The number of hydrogen-bond acceptors (Lipinski definition) is 5. The van der Waals surface area contributed by atoms with Crippen molar-refractivity contribution in [2.45, 2.75) is 6.92 Å². The van der Waals surface area contributed by atoms with Crippen LogP contribution in [0.2, 0.25) is 0 Å². The maximum absolute atomic E-state index is 11.8. The highest BCUT2D eigenvalue weighted by molar-refractivity contribution is 7.13. The Balaban J connectivity index is 1.96. The molecule has 1 amide bonds. The molecule has 0 atom stereocenters. The van der Waals surface area contributed by atoms with Crippen LogP contribution in [0.1, 0.15) is 6.92 Å². The van der Waals surface area contributed by atoms with Gasteiger partial charge in [0, 0.05) is 12.2 Å². The summed E-state index contributed by atoms with van der Waals surface area (Å²) in [7, 11) is 0. The first-order valence-electron chi connectivity index (χ1n) is 5.65. The number of amides is 1. The summed E-state index contributed by atoms with van der Waals surface area (Å²) in [6.07, 6.45) is 0. The maximum atomic E-state index is 11.8. The number of nitrogens with one attached hydrogen (secondary N) is 1. The number of rotatable bonds is 5. The Morgan fingerprint density at radius 3 is 2.78 bits per heavy atom. The molecular weight excluding hydrogens is 248 g/mol. The quantitative estimate of drug-likeness (QED) is 0.895. The second-order valence-corrected chi connectivity index (χ2v) is 4.48. The van der Waals surface area contributed by atoms with E-state index in [1.165, 1.54) is 11.3 Å². The van der Waals surface area contributed by atoms with Crippen molar-refractivity contribution >= 4 is 28.1 Å². The van der Waals surface area contributed by atoms with Crippen molar-refractivity contribution in [2.24, 2.45) is 0 Å². The predicted molar refractivity (Wildman–Crippen MR) is 72.9 cm³/mol. The number of anilines is 2. The molecule has 0 saturated carbocycles. The molecule has 0 unspecified atom stereocenters. The molecule has 0 radical (unpaired) electrons. The van der Waals surface area contributed by atoms with E-state index in [0.29, 0.717) is 11.7 Å². The van der Waals surface area contributed by atoms with E-state index in [2.05, 4.69) is 15.5 Å². The monoisotopic (exact) mass is 262 g/mol. The molecule has 0 saturated heterocycles.